The predicted molar refractivity (Wildman–Crippen MR) is 143 cm³/mol. The second-order valence-corrected chi connectivity index (χ2v) is 10.4. The summed E-state index contributed by atoms with van der Waals surface area (Å²) in [7, 11) is 1.23. The molecule has 15 nitrogen and oxygen atoms in total. The Kier molecular flexibility index (Phi) is 8.54. The van der Waals surface area contributed by atoms with Crippen LogP contribution in [-0.2, 0) is 14.2 Å². The highest BCUT2D eigenvalue weighted by Gasteiger charge is 2.51. The first kappa shape index (κ1) is 30.9. The van der Waals surface area contributed by atoms with E-state index in [2.05, 4.69) is 0 Å². The van der Waals surface area contributed by atoms with E-state index >= 15 is 0 Å². The van der Waals surface area contributed by atoms with Gasteiger partial charge in [0.25, 0.3) is 0 Å². The van der Waals surface area contributed by atoms with Crippen molar-refractivity contribution >= 4 is 11.0 Å². The number of fused-ring (bicyclic) bond motifs is 1. The number of phenols is 3. The molecule has 0 spiro atoms. The van der Waals surface area contributed by atoms with Gasteiger partial charge in [0.05, 0.1) is 25.4 Å². The van der Waals surface area contributed by atoms with Crippen LogP contribution in [0, 0.1) is 0 Å². The van der Waals surface area contributed by atoms with Crippen LogP contribution >= 0.6 is 0 Å². The van der Waals surface area contributed by atoms with E-state index in [0.717, 1.165) is 6.07 Å². The molecule has 9 N–H and O–H groups in total. The van der Waals surface area contributed by atoms with Crippen molar-refractivity contribution in [1.29, 1.82) is 0 Å². The molecule has 0 amide bonds. The van der Waals surface area contributed by atoms with Crippen molar-refractivity contribution in [2.75, 3.05) is 13.7 Å². The Morgan fingerprint density at radius 2 is 1.58 bits per heavy atom. The number of benzene rings is 2. The van der Waals surface area contributed by atoms with Crippen molar-refractivity contribution in [1.82, 2.24) is 0 Å². The van der Waals surface area contributed by atoms with Crippen LogP contribution in [0.4, 0.5) is 0 Å². The summed E-state index contributed by atoms with van der Waals surface area (Å²) in [6.07, 6.45) is -15.8. The normalized spacial score (nSPS) is 33.0. The van der Waals surface area contributed by atoms with Crippen LogP contribution < -0.4 is 10.2 Å². The SMILES string of the molecule is COc1cc2oc(-c3ccc(O)c(O)c3)cc(=O)c2c(O)c1C1OC(CO)C(O)C(O)C1OC1OC(C)C(O)C(O)C1O. The fraction of sp³-hybridized carbons (Fsp3) is 0.464. The standard InChI is InChI=1S/C28H32O15/c1-9-20(33)23(36)25(38)28(40-9)43-27-24(37)21(34)17(8-29)42-26(27)19-15(39-2)7-16-18(22(19)35)13(32)6-14(41-16)10-3-4-11(30)12(31)5-10/h3-7,9,17,20-21,23-31,33-38H,8H2,1-2H3. The zero-order valence-corrected chi connectivity index (χ0v) is 22.8. The fourth-order valence-corrected chi connectivity index (χ4v) is 5.31. The highest BCUT2D eigenvalue weighted by Crippen LogP contribution is 2.46. The topological polar surface area (TPSA) is 249 Å². The Hall–Kier alpha value is -3.51. The van der Waals surface area contributed by atoms with Crippen molar-refractivity contribution in [3.8, 4) is 34.3 Å². The van der Waals surface area contributed by atoms with Crippen LogP contribution in [0.5, 0.6) is 23.0 Å². The van der Waals surface area contributed by atoms with Crippen LogP contribution in [-0.4, -0.2) is 115 Å². The van der Waals surface area contributed by atoms with E-state index in [1.54, 1.807) is 0 Å². The molecule has 2 aliphatic rings. The van der Waals surface area contributed by atoms with Crippen molar-refractivity contribution in [2.45, 2.75) is 68.1 Å². The zero-order valence-electron chi connectivity index (χ0n) is 22.8. The van der Waals surface area contributed by atoms with Gasteiger partial charge in [-0.15, -0.1) is 0 Å². The maximum Gasteiger partial charge on any atom is 0.197 e. The van der Waals surface area contributed by atoms with Crippen molar-refractivity contribution in [3.05, 3.63) is 46.1 Å². The van der Waals surface area contributed by atoms with Gasteiger partial charge in [-0.25, -0.2) is 0 Å². The summed E-state index contributed by atoms with van der Waals surface area (Å²) >= 11 is 0. The van der Waals surface area contributed by atoms with Gasteiger partial charge in [0, 0.05) is 17.7 Å². The quantitative estimate of drug-likeness (QED) is 0.152. The molecule has 0 bridgehead atoms. The van der Waals surface area contributed by atoms with Gasteiger partial charge in [0.1, 0.15) is 77.1 Å². The Morgan fingerprint density at radius 3 is 2.23 bits per heavy atom. The number of phenolic OH excluding ortho intramolecular Hbond substituents is 3. The Morgan fingerprint density at radius 1 is 0.860 bits per heavy atom. The number of hydrogen-bond donors (Lipinski definition) is 9. The van der Waals surface area contributed by atoms with E-state index < -0.39 is 84.8 Å². The third-order valence-electron chi connectivity index (χ3n) is 7.73. The molecule has 2 fully saturated rings. The summed E-state index contributed by atoms with van der Waals surface area (Å²) in [5, 5.41) is 92.8. The third-order valence-corrected chi connectivity index (χ3v) is 7.73. The second-order valence-electron chi connectivity index (χ2n) is 10.4. The molecule has 2 aliphatic heterocycles. The van der Waals surface area contributed by atoms with Crippen LogP contribution in [0.25, 0.3) is 22.3 Å². The highest BCUT2D eigenvalue weighted by atomic mass is 16.7. The van der Waals surface area contributed by atoms with E-state index in [9.17, 15) is 50.8 Å². The van der Waals surface area contributed by atoms with Gasteiger partial charge in [-0.05, 0) is 25.1 Å². The lowest BCUT2D eigenvalue weighted by molar-refractivity contribution is -0.338. The summed E-state index contributed by atoms with van der Waals surface area (Å²) in [5.74, 6) is -1.71. The largest absolute Gasteiger partial charge is 0.506 e. The summed E-state index contributed by atoms with van der Waals surface area (Å²) < 4.78 is 28.4. The molecular formula is C28H32O15. The van der Waals surface area contributed by atoms with Gasteiger partial charge in [0.15, 0.2) is 23.2 Å². The number of ether oxygens (including phenoxy) is 4. The lowest BCUT2D eigenvalue weighted by atomic mass is 9.89. The fourth-order valence-electron chi connectivity index (χ4n) is 5.31. The summed E-state index contributed by atoms with van der Waals surface area (Å²) in [6.45, 7) is 0.636. The number of methoxy groups -OCH3 is 1. The molecule has 10 unspecified atom stereocenters. The lowest BCUT2D eigenvalue weighted by Crippen LogP contribution is -2.61. The number of rotatable bonds is 6. The smallest absolute Gasteiger partial charge is 0.197 e. The van der Waals surface area contributed by atoms with Gasteiger partial charge in [-0.1, -0.05) is 0 Å². The van der Waals surface area contributed by atoms with Crippen LogP contribution in [0.2, 0.25) is 0 Å². The Balaban J connectivity index is 1.62. The summed E-state index contributed by atoms with van der Waals surface area (Å²) in [6, 6.07) is 6.04. The third kappa shape index (κ3) is 5.39. The molecule has 43 heavy (non-hydrogen) atoms. The molecule has 10 atom stereocenters. The van der Waals surface area contributed by atoms with Crippen molar-refractivity contribution < 1.29 is 69.3 Å². The highest BCUT2D eigenvalue weighted by molar-refractivity contribution is 5.88. The number of aliphatic hydroxyl groups excluding tert-OH is 6. The summed E-state index contributed by atoms with van der Waals surface area (Å²) in [5.41, 5.74) is -0.908. The molecule has 15 heteroatoms. The minimum Gasteiger partial charge on any atom is -0.506 e. The molecule has 0 aliphatic carbocycles. The molecular weight excluding hydrogens is 576 g/mol. The van der Waals surface area contributed by atoms with Gasteiger partial charge in [0.2, 0.25) is 0 Å². The van der Waals surface area contributed by atoms with E-state index in [1.807, 2.05) is 0 Å². The first-order chi connectivity index (χ1) is 20.4. The average Bonchev–Trinajstić information content (AvgIpc) is 2.98. The molecule has 234 valence electrons. The molecule has 2 saturated heterocycles. The maximum absolute atomic E-state index is 13.3. The second kappa shape index (κ2) is 11.9. The summed E-state index contributed by atoms with van der Waals surface area (Å²) in [4.78, 5) is 13.3. The molecule has 2 aromatic carbocycles. The predicted octanol–water partition coefficient (Wildman–Crippen LogP) is -1.05. The molecule has 3 heterocycles. The van der Waals surface area contributed by atoms with E-state index in [-0.39, 0.29) is 39.4 Å². The van der Waals surface area contributed by atoms with Crippen molar-refractivity contribution in [3.63, 3.8) is 0 Å². The molecule has 0 saturated carbocycles. The van der Waals surface area contributed by atoms with Gasteiger partial charge >= 0.3 is 0 Å². The lowest BCUT2D eigenvalue weighted by Gasteiger charge is -2.46. The monoisotopic (exact) mass is 608 g/mol. The Bertz CT molecular complexity index is 1540. The van der Waals surface area contributed by atoms with Crippen LogP contribution in [0.1, 0.15) is 18.6 Å². The molecule has 0 radical (unpaired) electrons. The number of aromatic hydroxyl groups is 3. The van der Waals surface area contributed by atoms with Gasteiger partial charge in [-0.3, -0.25) is 4.79 Å². The van der Waals surface area contributed by atoms with E-state index in [1.165, 1.54) is 38.3 Å². The van der Waals surface area contributed by atoms with Crippen molar-refractivity contribution in [2.24, 2.45) is 0 Å². The van der Waals surface area contributed by atoms with E-state index in [4.69, 9.17) is 23.4 Å². The molecule has 1 aromatic heterocycles. The van der Waals surface area contributed by atoms with Gasteiger partial charge < -0.3 is 69.3 Å². The number of hydrogen-bond acceptors (Lipinski definition) is 15. The minimum atomic E-state index is -1.83. The number of aliphatic hydroxyl groups is 6. The first-order valence-electron chi connectivity index (χ1n) is 13.3. The first-order valence-corrected chi connectivity index (χ1v) is 13.3. The maximum atomic E-state index is 13.3. The molecule has 5 rings (SSSR count). The van der Waals surface area contributed by atoms with E-state index in [0.29, 0.717) is 0 Å². The Labute approximate surface area is 242 Å². The van der Waals surface area contributed by atoms with Crippen LogP contribution in [0.3, 0.4) is 0 Å². The average molecular weight is 609 g/mol. The minimum absolute atomic E-state index is 0.0191. The van der Waals surface area contributed by atoms with Crippen LogP contribution in [0.15, 0.2) is 39.5 Å². The molecule has 3 aromatic rings. The zero-order chi connectivity index (χ0) is 31.3. The van der Waals surface area contributed by atoms with Gasteiger partial charge in [-0.2, -0.15) is 0 Å².